The zero-order valence-corrected chi connectivity index (χ0v) is 26.7. The summed E-state index contributed by atoms with van der Waals surface area (Å²) in [4.78, 5) is 46.3. The maximum atomic E-state index is 14.5. The van der Waals surface area contributed by atoms with Gasteiger partial charge in [-0.3, -0.25) is 9.59 Å². The Kier molecular flexibility index (Phi) is 9.48. The molecule has 8 nitrogen and oxygen atoms in total. The maximum Gasteiger partial charge on any atom is 0.344 e. The fourth-order valence-corrected chi connectivity index (χ4v) is 7.06. The monoisotopic (exact) mass is 619 g/mol. The van der Waals surface area contributed by atoms with Crippen LogP contribution >= 0.6 is 0 Å². The van der Waals surface area contributed by atoms with Gasteiger partial charge in [-0.25, -0.2) is 9.78 Å². The summed E-state index contributed by atoms with van der Waals surface area (Å²) < 4.78 is 11.2. The van der Waals surface area contributed by atoms with E-state index >= 15 is 0 Å². The van der Waals surface area contributed by atoms with Crippen molar-refractivity contribution in [1.29, 1.82) is 5.26 Å². The SMILES string of the molecule is CCC(=O)c1cc(CC2CCC(Oc3nccc(C#N)c3C(=O)OC)CN2C(=O)c2ccccc2C2CCC2)ccc1C1CCC1. The molecule has 1 amide bonds. The number of esters is 1. The summed E-state index contributed by atoms with van der Waals surface area (Å²) in [6.45, 7) is 2.20. The minimum Gasteiger partial charge on any atom is -0.472 e. The van der Waals surface area contributed by atoms with Crippen LogP contribution in [0.4, 0.5) is 0 Å². The molecule has 0 spiro atoms. The van der Waals surface area contributed by atoms with E-state index in [0.717, 1.165) is 53.5 Å². The van der Waals surface area contributed by atoms with Crippen LogP contribution in [0.3, 0.4) is 0 Å². The van der Waals surface area contributed by atoms with Crippen molar-refractivity contribution >= 4 is 17.7 Å². The molecule has 3 fully saturated rings. The molecule has 2 saturated carbocycles. The highest BCUT2D eigenvalue weighted by Crippen LogP contribution is 2.40. The van der Waals surface area contributed by atoms with Crippen molar-refractivity contribution in [3.05, 3.63) is 93.7 Å². The summed E-state index contributed by atoms with van der Waals surface area (Å²) in [5.74, 6) is 0.304. The predicted octanol–water partition coefficient (Wildman–Crippen LogP) is 7.16. The van der Waals surface area contributed by atoms with Gasteiger partial charge in [-0.2, -0.15) is 5.26 Å². The highest BCUT2D eigenvalue weighted by atomic mass is 16.5. The lowest BCUT2D eigenvalue weighted by Crippen LogP contribution is -2.51. The highest BCUT2D eigenvalue weighted by molar-refractivity contribution is 5.98. The first-order valence-electron chi connectivity index (χ1n) is 16.6. The first-order valence-corrected chi connectivity index (χ1v) is 16.6. The molecule has 2 unspecified atom stereocenters. The summed E-state index contributed by atoms with van der Waals surface area (Å²) in [7, 11) is 1.25. The molecule has 0 N–H and O–H groups in total. The Morgan fingerprint density at radius 2 is 1.65 bits per heavy atom. The third-order valence-electron chi connectivity index (χ3n) is 10.1. The fraction of sp³-hybridized carbons (Fsp3) is 0.447. The van der Waals surface area contributed by atoms with Gasteiger partial charge in [-0.15, -0.1) is 0 Å². The highest BCUT2D eigenvalue weighted by Gasteiger charge is 2.36. The van der Waals surface area contributed by atoms with Gasteiger partial charge in [0.05, 0.1) is 19.2 Å². The summed E-state index contributed by atoms with van der Waals surface area (Å²) in [6, 6.07) is 17.6. The zero-order valence-electron chi connectivity index (χ0n) is 26.7. The Morgan fingerprint density at radius 3 is 2.30 bits per heavy atom. The molecular formula is C38H41N3O5. The van der Waals surface area contributed by atoms with Crippen molar-refractivity contribution in [2.24, 2.45) is 0 Å². The Labute approximate surface area is 270 Å². The van der Waals surface area contributed by atoms with Crippen molar-refractivity contribution in [2.75, 3.05) is 13.7 Å². The summed E-state index contributed by atoms with van der Waals surface area (Å²) in [6.07, 6.45) is 10.1. The number of piperidine rings is 1. The molecular weight excluding hydrogens is 578 g/mol. The first kappa shape index (κ1) is 31.5. The molecule has 1 aromatic heterocycles. The van der Waals surface area contributed by atoms with Crippen LogP contribution in [0.15, 0.2) is 54.7 Å². The fourth-order valence-electron chi connectivity index (χ4n) is 7.06. The van der Waals surface area contributed by atoms with Crippen LogP contribution in [0.5, 0.6) is 5.88 Å². The van der Waals surface area contributed by atoms with Gasteiger partial charge in [0.15, 0.2) is 5.78 Å². The lowest BCUT2D eigenvalue weighted by Gasteiger charge is -2.40. The number of rotatable bonds is 10. The van der Waals surface area contributed by atoms with Gasteiger partial charge < -0.3 is 14.4 Å². The van der Waals surface area contributed by atoms with E-state index in [-0.39, 0.29) is 34.7 Å². The van der Waals surface area contributed by atoms with Gasteiger partial charge in [0.2, 0.25) is 5.88 Å². The molecule has 2 heterocycles. The van der Waals surface area contributed by atoms with Gasteiger partial charge >= 0.3 is 5.97 Å². The number of Topliss-reactive ketones (excluding diaryl/α,β-unsaturated/α-hetero) is 1. The lowest BCUT2D eigenvalue weighted by molar-refractivity contribution is 0.0324. The van der Waals surface area contributed by atoms with Crippen LogP contribution in [-0.4, -0.2) is 53.3 Å². The second kappa shape index (κ2) is 13.9. The number of nitriles is 1. The maximum absolute atomic E-state index is 14.5. The topological polar surface area (TPSA) is 110 Å². The van der Waals surface area contributed by atoms with Crippen molar-refractivity contribution in [3.8, 4) is 11.9 Å². The number of carbonyl (C=O) groups excluding carboxylic acids is 3. The van der Waals surface area contributed by atoms with Crippen LogP contribution in [0.25, 0.3) is 0 Å². The van der Waals surface area contributed by atoms with E-state index in [4.69, 9.17) is 9.47 Å². The third kappa shape index (κ3) is 6.28. The molecule has 1 aliphatic heterocycles. The smallest absolute Gasteiger partial charge is 0.344 e. The number of methoxy groups -OCH3 is 1. The van der Waals surface area contributed by atoms with Gasteiger partial charge in [0.1, 0.15) is 17.7 Å². The van der Waals surface area contributed by atoms with E-state index in [0.29, 0.717) is 44.1 Å². The van der Waals surface area contributed by atoms with E-state index < -0.39 is 12.1 Å². The number of nitrogens with zero attached hydrogens (tertiary/aromatic N) is 3. The van der Waals surface area contributed by atoms with Gasteiger partial charge in [-0.1, -0.05) is 50.1 Å². The third-order valence-corrected chi connectivity index (χ3v) is 10.1. The molecule has 2 aliphatic carbocycles. The predicted molar refractivity (Wildman–Crippen MR) is 173 cm³/mol. The molecule has 238 valence electrons. The summed E-state index contributed by atoms with van der Waals surface area (Å²) in [5.41, 5.74) is 4.96. The Bertz CT molecular complexity index is 1670. The molecule has 8 heteroatoms. The standard InChI is InChI=1S/C38H41N3O5/c1-3-34(42)33-21-24(14-17-31(33)26-10-7-11-26)20-28-15-16-29(46-36-35(38(44)45-2)27(22-39)18-19-40-36)23-41(28)37(43)32-13-5-4-12-30(32)25-8-6-9-25/h4-5,12-14,17-19,21,25-26,28-29H,3,6-11,15-16,20,23H2,1-2H3. The largest absolute Gasteiger partial charge is 0.472 e. The number of likely N-dealkylation sites (tertiary alicyclic amines) is 1. The van der Waals surface area contributed by atoms with Gasteiger partial charge in [0.25, 0.3) is 5.91 Å². The minimum absolute atomic E-state index is 0.0116. The van der Waals surface area contributed by atoms with Crippen LogP contribution < -0.4 is 4.74 Å². The molecule has 0 bridgehead atoms. The molecule has 2 atom stereocenters. The van der Waals surface area contributed by atoms with Crippen molar-refractivity contribution < 1.29 is 23.9 Å². The second-order valence-electron chi connectivity index (χ2n) is 12.8. The molecule has 1 saturated heterocycles. The Hall–Kier alpha value is -4.51. The van der Waals surface area contributed by atoms with Gasteiger partial charge in [-0.05, 0) is 91.7 Å². The van der Waals surface area contributed by atoms with E-state index in [2.05, 4.69) is 29.2 Å². The quantitative estimate of drug-likeness (QED) is 0.175. The van der Waals surface area contributed by atoms with Crippen molar-refractivity contribution in [1.82, 2.24) is 9.88 Å². The van der Waals surface area contributed by atoms with Crippen LogP contribution in [-0.2, 0) is 11.2 Å². The molecule has 2 aromatic carbocycles. The number of ether oxygens (including phenoxy) is 2. The number of pyridine rings is 1. The molecule has 0 radical (unpaired) electrons. The van der Waals surface area contributed by atoms with E-state index in [1.54, 1.807) is 0 Å². The molecule has 3 aliphatic rings. The first-order chi connectivity index (χ1) is 22.4. The Morgan fingerprint density at radius 1 is 0.935 bits per heavy atom. The van der Waals surface area contributed by atoms with Gasteiger partial charge in [0, 0.05) is 29.8 Å². The van der Waals surface area contributed by atoms with Crippen molar-refractivity contribution in [3.63, 3.8) is 0 Å². The normalized spacial score (nSPS) is 19.8. The average Bonchev–Trinajstić information content (AvgIpc) is 3.03. The number of hydrogen-bond acceptors (Lipinski definition) is 7. The number of carbonyl (C=O) groups is 3. The summed E-state index contributed by atoms with van der Waals surface area (Å²) >= 11 is 0. The average molecular weight is 620 g/mol. The van der Waals surface area contributed by atoms with Crippen molar-refractivity contribution in [2.45, 2.75) is 95.1 Å². The van der Waals surface area contributed by atoms with Crippen LogP contribution in [0.1, 0.15) is 130 Å². The number of benzene rings is 2. The van der Waals surface area contributed by atoms with Crippen LogP contribution in [0.2, 0.25) is 0 Å². The molecule has 6 rings (SSSR count). The zero-order chi connectivity index (χ0) is 32.2. The number of aromatic nitrogens is 1. The number of hydrogen-bond donors (Lipinski definition) is 0. The van der Waals surface area contributed by atoms with E-state index in [1.165, 1.54) is 32.2 Å². The van der Waals surface area contributed by atoms with E-state index in [9.17, 15) is 19.6 Å². The summed E-state index contributed by atoms with van der Waals surface area (Å²) in [5, 5.41) is 9.62. The lowest BCUT2D eigenvalue weighted by atomic mass is 9.76. The van der Waals surface area contributed by atoms with E-state index in [1.807, 2.05) is 36.1 Å². The number of amides is 1. The van der Waals surface area contributed by atoms with Crippen LogP contribution in [0, 0.1) is 11.3 Å². The second-order valence-corrected chi connectivity index (χ2v) is 12.8. The Balaban J connectivity index is 1.31. The molecule has 46 heavy (non-hydrogen) atoms. The number of ketones is 1. The molecule has 3 aromatic rings. The minimum atomic E-state index is -0.696.